The van der Waals surface area contributed by atoms with Crippen LogP contribution in [0.25, 0.3) is 0 Å². The third kappa shape index (κ3) is 7.62. The van der Waals surface area contributed by atoms with Crippen molar-refractivity contribution in [3.8, 4) is 0 Å². The van der Waals surface area contributed by atoms with Crippen LogP contribution in [0.1, 0.15) is 38.3 Å². The van der Waals surface area contributed by atoms with Crippen molar-refractivity contribution in [1.29, 1.82) is 0 Å². The van der Waals surface area contributed by atoms with Crippen LogP contribution in [-0.4, -0.2) is 43.8 Å². The van der Waals surface area contributed by atoms with Gasteiger partial charge in [-0.3, -0.25) is 13.9 Å². The standard InChI is InChI=1S/C29H32F3N3O4S/c1-4-21(2)33-28(37)22(3)34(19-23-12-7-5-8-13-23)27(36)20-35(40(38,39)26-16-9-6-10-17-26)25-15-11-14-24(18-25)29(30,31)32/h5-18,21-22H,4,19-20H2,1-3H3,(H,33,37). The first-order valence-corrected chi connectivity index (χ1v) is 14.2. The monoisotopic (exact) mass is 575 g/mol. The van der Waals surface area contributed by atoms with E-state index in [1.165, 1.54) is 42.2 Å². The number of nitrogens with zero attached hydrogens (tertiary/aromatic N) is 2. The van der Waals surface area contributed by atoms with Gasteiger partial charge in [0.2, 0.25) is 11.8 Å². The summed E-state index contributed by atoms with van der Waals surface area (Å²) in [6.45, 7) is 4.39. The van der Waals surface area contributed by atoms with Gasteiger partial charge in [0.05, 0.1) is 16.1 Å². The van der Waals surface area contributed by atoms with Crippen molar-refractivity contribution in [2.24, 2.45) is 0 Å². The smallest absolute Gasteiger partial charge is 0.352 e. The molecule has 0 heterocycles. The highest BCUT2D eigenvalue weighted by atomic mass is 32.2. The van der Waals surface area contributed by atoms with Crippen LogP contribution in [0.2, 0.25) is 0 Å². The van der Waals surface area contributed by atoms with Crippen molar-refractivity contribution >= 4 is 27.5 Å². The van der Waals surface area contributed by atoms with Crippen LogP contribution in [0.3, 0.4) is 0 Å². The van der Waals surface area contributed by atoms with E-state index in [0.29, 0.717) is 22.4 Å². The number of halogens is 3. The van der Waals surface area contributed by atoms with Crippen LogP contribution >= 0.6 is 0 Å². The normalized spacial score (nSPS) is 13.2. The van der Waals surface area contributed by atoms with E-state index in [1.807, 2.05) is 13.8 Å². The molecule has 7 nitrogen and oxygen atoms in total. The summed E-state index contributed by atoms with van der Waals surface area (Å²) in [5.74, 6) is -1.19. The lowest BCUT2D eigenvalue weighted by atomic mass is 10.1. The number of benzene rings is 3. The van der Waals surface area contributed by atoms with E-state index in [-0.39, 0.29) is 23.2 Å². The number of hydrogen-bond acceptors (Lipinski definition) is 4. The molecular weight excluding hydrogens is 543 g/mol. The fraction of sp³-hybridized carbons (Fsp3) is 0.310. The Morgan fingerprint density at radius 1 is 0.900 bits per heavy atom. The second-order valence-corrected chi connectivity index (χ2v) is 11.2. The Bertz CT molecular complexity index is 1400. The topological polar surface area (TPSA) is 86.8 Å². The minimum Gasteiger partial charge on any atom is -0.352 e. The summed E-state index contributed by atoms with van der Waals surface area (Å²) in [4.78, 5) is 27.9. The van der Waals surface area contributed by atoms with Crippen LogP contribution in [0, 0.1) is 0 Å². The molecule has 0 spiro atoms. The maximum atomic E-state index is 13.8. The molecule has 3 aromatic rings. The lowest BCUT2D eigenvalue weighted by molar-refractivity contribution is -0.139. The zero-order valence-corrected chi connectivity index (χ0v) is 23.2. The molecule has 3 rings (SSSR count). The van der Waals surface area contributed by atoms with E-state index in [1.54, 1.807) is 36.4 Å². The molecule has 0 aliphatic heterocycles. The molecule has 0 saturated heterocycles. The van der Waals surface area contributed by atoms with Gasteiger partial charge in [0.1, 0.15) is 12.6 Å². The van der Waals surface area contributed by atoms with Crippen LogP contribution in [0.4, 0.5) is 18.9 Å². The van der Waals surface area contributed by atoms with Gasteiger partial charge in [0.25, 0.3) is 10.0 Å². The fourth-order valence-corrected chi connectivity index (χ4v) is 5.34. The summed E-state index contributed by atoms with van der Waals surface area (Å²) in [6, 6.07) is 18.6. The molecule has 11 heteroatoms. The number of hydrogen-bond donors (Lipinski definition) is 1. The van der Waals surface area contributed by atoms with E-state index in [0.717, 1.165) is 12.1 Å². The van der Waals surface area contributed by atoms with Gasteiger partial charge in [-0.25, -0.2) is 8.42 Å². The minimum absolute atomic E-state index is 0.0173. The SMILES string of the molecule is CCC(C)NC(=O)C(C)N(Cc1ccccc1)C(=O)CN(c1cccc(C(F)(F)F)c1)S(=O)(=O)c1ccccc1. The zero-order chi connectivity index (χ0) is 29.5. The highest BCUT2D eigenvalue weighted by Crippen LogP contribution is 2.33. The molecule has 3 aromatic carbocycles. The van der Waals surface area contributed by atoms with Gasteiger partial charge in [-0.2, -0.15) is 13.2 Å². The molecule has 214 valence electrons. The molecule has 40 heavy (non-hydrogen) atoms. The van der Waals surface area contributed by atoms with Crippen molar-refractivity contribution in [2.45, 2.75) is 56.9 Å². The minimum atomic E-state index is -4.73. The second-order valence-electron chi connectivity index (χ2n) is 9.37. The maximum Gasteiger partial charge on any atom is 0.416 e. The molecule has 2 amide bonds. The zero-order valence-electron chi connectivity index (χ0n) is 22.4. The average Bonchev–Trinajstić information content (AvgIpc) is 2.94. The Labute approximate surface area is 232 Å². The first kappa shape index (κ1) is 30.7. The molecule has 0 aliphatic carbocycles. The second kappa shape index (κ2) is 13.0. The number of alkyl halides is 3. The van der Waals surface area contributed by atoms with Crippen LogP contribution in [-0.2, 0) is 32.3 Å². The first-order valence-electron chi connectivity index (χ1n) is 12.7. The fourth-order valence-electron chi connectivity index (χ4n) is 3.91. The van der Waals surface area contributed by atoms with Crippen molar-refractivity contribution in [2.75, 3.05) is 10.8 Å². The Morgan fingerprint density at radius 2 is 1.50 bits per heavy atom. The summed E-state index contributed by atoms with van der Waals surface area (Å²) < 4.78 is 68.6. The van der Waals surface area contributed by atoms with Crippen LogP contribution in [0.5, 0.6) is 0 Å². The third-order valence-corrected chi connectivity index (χ3v) is 8.22. The molecule has 0 radical (unpaired) electrons. The van der Waals surface area contributed by atoms with Crippen LogP contribution < -0.4 is 9.62 Å². The van der Waals surface area contributed by atoms with E-state index in [2.05, 4.69) is 5.32 Å². The summed E-state index contributed by atoms with van der Waals surface area (Å²) in [5, 5.41) is 2.83. The molecule has 0 saturated carbocycles. The molecular formula is C29H32F3N3O4S. The highest BCUT2D eigenvalue weighted by Gasteiger charge is 2.35. The molecule has 2 unspecified atom stereocenters. The maximum absolute atomic E-state index is 13.8. The summed E-state index contributed by atoms with van der Waals surface area (Å²) >= 11 is 0. The first-order chi connectivity index (χ1) is 18.8. The van der Waals surface area contributed by atoms with E-state index in [4.69, 9.17) is 0 Å². The number of sulfonamides is 1. The van der Waals surface area contributed by atoms with Crippen molar-refractivity contribution < 1.29 is 31.2 Å². The van der Waals surface area contributed by atoms with Gasteiger partial charge in [0, 0.05) is 12.6 Å². The van der Waals surface area contributed by atoms with Crippen molar-refractivity contribution in [1.82, 2.24) is 10.2 Å². The van der Waals surface area contributed by atoms with Gasteiger partial charge >= 0.3 is 6.18 Å². The van der Waals surface area contributed by atoms with Gasteiger partial charge in [0.15, 0.2) is 0 Å². The predicted molar refractivity (Wildman–Crippen MR) is 147 cm³/mol. The van der Waals surface area contributed by atoms with Gasteiger partial charge < -0.3 is 10.2 Å². The number of nitrogens with one attached hydrogen (secondary N) is 1. The van der Waals surface area contributed by atoms with Gasteiger partial charge in [-0.15, -0.1) is 0 Å². The van der Waals surface area contributed by atoms with E-state index >= 15 is 0 Å². The number of amides is 2. The lowest BCUT2D eigenvalue weighted by Gasteiger charge is -2.32. The van der Waals surface area contributed by atoms with Crippen LogP contribution in [0.15, 0.2) is 89.8 Å². The molecule has 0 fully saturated rings. The summed E-state index contributed by atoms with van der Waals surface area (Å²) in [5.41, 5.74) is -0.702. The van der Waals surface area contributed by atoms with Crippen molar-refractivity contribution in [3.63, 3.8) is 0 Å². The Kier molecular flexibility index (Phi) is 9.97. The van der Waals surface area contributed by atoms with Gasteiger partial charge in [-0.1, -0.05) is 61.5 Å². The Balaban J connectivity index is 2.06. The van der Waals surface area contributed by atoms with Crippen molar-refractivity contribution in [3.05, 3.63) is 96.1 Å². The quantitative estimate of drug-likeness (QED) is 0.339. The molecule has 1 N–H and O–H groups in total. The number of carbonyl (C=O) groups excluding carboxylic acids is 2. The molecule has 2 atom stereocenters. The number of carbonyl (C=O) groups is 2. The average molecular weight is 576 g/mol. The van der Waals surface area contributed by atoms with E-state index < -0.39 is 46.2 Å². The van der Waals surface area contributed by atoms with E-state index in [9.17, 15) is 31.2 Å². The summed E-state index contributed by atoms with van der Waals surface area (Å²) in [7, 11) is -4.47. The number of anilines is 1. The summed E-state index contributed by atoms with van der Waals surface area (Å²) in [6.07, 6.45) is -4.08. The number of rotatable bonds is 11. The largest absolute Gasteiger partial charge is 0.416 e. The molecule has 0 bridgehead atoms. The molecule has 0 aliphatic rings. The lowest BCUT2D eigenvalue weighted by Crippen LogP contribution is -2.52. The third-order valence-electron chi connectivity index (χ3n) is 6.44. The van der Waals surface area contributed by atoms with Gasteiger partial charge in [-0.05, 0) is 56.2 Å². The predicted octanol–water partition coefficient (Wildman–Crippen LogP) is 5.23. The highest BCUT2D eigenvalue weighted by molar-refractivity contribution is 7.92. The molecule has 0 aromatic heterocycles. The Hall–Kier alpha value is -3.86. The Morgan fingerprint density at radius 3 is 2.08 bits per heavy atom.